The van der Waals surface area contributed by atoms with E-state index in [1.165, 1.54) is 19.3 Å². The van der Waals surface area contributed by atoms with Gasteiger partial charge in [-0.25, -0.2) is 4.98 Å². The first-order valence-electron chi connectivity index (χ1n) is 10.8. The average molecular weight is 468 g/mol. The molecule has 0 radical (unpaired) electrons. The molecule has 1 aliphatic carbocycles. The third-order valence-corrected chi connectivity index (χ3v) is 6.86. The average Bonchev–Trinajstić information content (AvgIpc) is 3.23. The van der Waals surface area contributed by atoms with Crippen molar-refractivity contribution in [1.82, 2.24) is 14.9 Å². The molecule has 1 aromatic carbocycles. The Bertz CT molecular complexity index is 1080. The minimum Gasteiger partial charge on any atom is -0.460 e. The quantitative estimate of drug-likeness (QED) is 0.557. The molecule has 1 N–H and O–H groups in total. The first-order chi connectivity index (χ1) is 14.7. The molecule has 6 heteroatoms. The molecule has 30 heavy (non-hydrogen) atoms. The van der Waals surface area contributed by atoms with Crippen LogP contribution in [0.2, 0.25) is 0 Å². The Morgan fingerprint density at radius 3 is 2.70 bits per heavy atom. The Hall–Kier alpha value is -2.18. The van der Waals surface area contributed by atoms with Gasteiger partial charge >= 0.3 is 0 Å². The van der Waals surface area contributed by atoms with Crippen molar-refractivity contribution in [3.63, 3.8) is 0 Å². The maximum absolute atomic E-state index is 12.8. The molecule has 1 saturated carbocycles. The molecule has 0 atom stereocenters. The number of nitrogens with one attached hydrogen (secondary N) is 1. The summed E-state index contributed by atoms with van der Waals surface area (Å²) in [7, 11) is 0. The van der Waals surface area contributed by atoms with Gasteiger partial charge in [0, 0.05) is 35.5 Å². The largest absolute Gasteiger partial charge is 0.460 e. The number of hydrogen-bond acceptors (Lipinski definition) is 4. The lowest BCUT2D eigenvalue weighted by Crippen LogP contribution is -2.36. The van der Waals surface area contributed by atoms with E-state index in [0.29, 0.717) is 19.0 Å². The molecular formula is C24H26BrN3O2. The molecule has 156 valence electrons. The molecule has 0 saturated heterocycles. The van der Waals surface area contributed by atoms with Crippen molar-refractivity contribution in [1.29, 1.82) is 0 Å². The van der Waals surface area contributed by atoms with Gasteiger partial charge in [0.05, 0.1) is 17.8 Å². The molecule has 5 nitrogen and oxygen atoms in total. The predicted octanol–water partition coefficient (Wildman–Crippen LogP) is 5.40. The zero-order chi connectivity index (χ0) is 20.5. The molecule has 2 aliphatic rings. The van der Waals surface area contributed by atoms with Crippen molar-refractivity contribution in [2.45, 2.75) is 57.5 Å². The van der Waals surface area contributed by atoms with Crippen LogP contribution in [-0.4, -0.2) is 21.4 Å². The van der Waals surface area contributed by atoms with E-state index in [0.717, 1.165) is 64.4 Å². The van der Waals surface area contributed by atoms with Gasteiger partial charge in [-0.05, 0) is 37.1 Å². The number of aromatic nitrogens is 2. The van der Waals surface area contributed by atoms with E-state index in [1.54, 1.807) is 0 Å². The lowest BCUT2D eigenvalue weighted by Gasteiger charge is -2.28. The monoisotopic (exact) mass is 467 g/mol. The second kappa shape index (κ2) is 8.52. The highest BCUT2D eigenvalue weighted by Crippen LogP contribution is 2.31. The summed E-state index contributed by atoms with van der Waals surface area (Å²) in [6, 6.07) is 12.2. The zero-order valence-corrected chi connectivity index (χ0v) is 18.6. The second-order valence-electron chi connectivity index (χ2n) is 8.44. The SMILES string of the molecule is O=c1[nH]c(C2CCCCC2)nc2c1CN(Cc1ccc(-c3ccc(Br)cc3)o1)CC2. The fourth-order valence-corrected chi connectivity index (χ4v) is 4.92. The van der Waals surface area contributed by atoms with E-state index in [2.05, 4.69) is 25.8 Å². The highest BCUT2D eigenvalue weighted by Gasteiger charge is 2.25. The standard InChI is InChI=1S/C24H26BrN3O2/c25-18-8-6-16(7-9-18)22-11-10-19(30-22)14-28-13-12-21-20(15-28)24(29)27-23(26-21)17-4-2-1-3-5-17/h6-11,17H,1-5,12-15H2,(H,26,27,29). The smallest absolute Gasteiger partial charge is 0.255 e. The lowest BCUT2D eigenvalue weighted by molar-refractivity contribution is 0.222. The summed E-state index contributed by atoms with van der Waals surface area (Å²) in [4.78, 5) is 23.0. The lowest BCUT2D eigenvalue weighted by atomic mass is 9.88. The van der Waals surface area contributed by atoms with Gasteiger partial charge in [-0.2, -0.15) is 0 Å². The summed E-state index contributed by atoms with van der Waals surface area (Å²) in [6.45, 7) is 2.21. The van der Waals surface area contributed by atoms with Crippen molar-refractivity contribution in [3.05, 3.63) is 74.1 Å². The first kappa shape index (κ1) is 19.8. The fraction of sp³-hybridized carbons (Fsp3) is 0.417. The summed E-state index contributed by atoms with van der Waals surface area (Å²) in [5.74, 6) is 3.12. The highest BCUT2D eigenvalue weighted by molar-refractivity contribution is 9.10. The summed E-state index contributed by atoms with van der Waals surface area (Å²) in [6.07, 6.45) is 6.89. The van der Waals surface area contributed by atoms with Crippen molar-refractivity contribution in [2.75, 3.05) is 6.54 Å². The second-order valence-corrected chi connectivity index (χ2v) is 9.36. The Balaban J connectivity index is 1.29. The molecule has 0 bridgehead atoms. The maximum atomic E-state index is 12.8. The molecule has 0 amide bonds. The van der Waals surface area contributed by atoms with E-state index in [1.807, 2.05) is 36.4 Å². The van der Waals surface area contributed by atoms with Crippen LogP contribution in [0, 0.1) is 0 Å². The minimum atomic E-state index is 0.0419. The molecule has 1 fully saturated rings. The number of fused-ring (bicyclic) bond motifs is 1. The van der Waals surface area contributed by atoms with Crippen LogP contribution < -0.4 is 5.56 Å². The molecule has 3 aromatic rings. The van der Waals surface area contributed by atoms with Crippen molar-refractivity contribution < 1.29 is 4.42 Å². The number of aromatic amines is 1. The van der Waals surface area contributed by atoms with E-state index in [-0.39, 0.29) is 5.56 Å². The Morgan fingerprint density at radius 1 is 1.10 bits per heavy atom. The number of rotatable bonds is 4. The van der Waals surface area contributed by atoms with Crippen LogP contribution in [0.4, 0.5) is 0 Å². The predicted molar refractivity (Wildman–Crippen MR) is 120 cm³/mol. The van der Waals surface area contributed by atoms with Gasteiger partial charge in [0.25, 0.3) is 5.56 Å². The molecule has 1 aliphatic heterocycles. The van der Waals surface area contributed by atoms with Gasteiger partial charge < -0.3 is 9.40 Å². The Labute approximate surface area is 184 Å². The van der Waals surface area contributed by atoms with Gasteiger partial charge in [-0.15, -0.1) is 0 Å². The normalized spacial score (nSPS) is 17.8. The van der Waals surface area contributed by atoms with E-state index in [4.69, 9.17) is 9.40 Å². The fourth-order valence-electron chi connectivity index (χ4n) is 4.66. The molecule has 3 heterocycles. The van der Waals surface area contributed by atoms with Crippen LogP contribution in [0.1, 0.15) is 60.9 Å². The Kier molecular flexibility index (Phi) is 5.61. The number of halogens is 1. The van der Waals surface area contributed by atoms with Crippen molar-refractivity contribution in [3.8, 4) is 11.3 Å². The van der Waals surface area contributed by atoms with Gasteiger partial charge in [-0.3, -0.25) is 9.69 Å². The van der Waals surface area contributed by atoms with Gasteiger partial charge in [-0.1, -0.05) is 47.3 Å². The maximum Gasteiger partial charge on any atom is 0.255 e. The molecular weight excluding hydrogens is 442 g/mol. The van der Waals surface area contributed by atoms with E-state index in [9.17, 15) is 4.79 Å². The third-order valence-electron chi connectivity index (χ3n) is 6.33. The van der Waals surface area contributed by atoms with Gasteiger partial charge in [0.1, 0.15) is 17.3 Å². The number of benzene rings is 1. The summed E-state index contributed by atoms with van der Waals surface area (Å²) >= 11 is 3.46. The molecule has 0 spiro atoms. The van der Waals surface area contributed by atoms with Crippen LogP contribution in [0.15, 0.2) is 50.1 Å². The zero-order valence-electron chi connectivity index (χ0n) is 17.0. The third kappa shape index (κ3) is 4.16. The Morgan fingerprint density at radius 2 is 1.90 bits per heavy atom. The van der Waals surface area contributed by atoms with E-state index >= 15 is 0 Å². The molecule has 2 aromatic heterocycles. The number of nitrogens with zero attached hydrogens (tertiary/aromatic N) is 2. The van der Waals surface area contributed by atoms with Crippen LogP contribution in [-0.2, 0) is 19.5 Å². The van der Waals surface area contributed by atoms with Gasteiger partial charge in [0.15, 0.2) is 0 Å². The van der Waals surface area contributed by atoms with Crippen LogP contribution in [0.3, 0.4) is 0 Å². The molecule has 0 unspecified atom stereocenters. The van der Waals surface area contributed by atoms with Crippen LogP contribution in [0.25, 0.3) is 11.3 Å². The number of furan rings is 1. The van der Waals surface area contributed by atoms with Crippen molar-refractivity contribution in [2.24, 2.45) is 0 Å². The number of hydrogen-bond donors (Lipinski definition) is 1. The highest BCUT2D eigenvalue weighted by atomic mass is 79.9. The summed E-state index contributed by atoms with van der Waals surface area (Å²) in [5.41, 5.74) is 2.91. The minimum absolute atomic E-state index is 0.0419. The van der Waals surface area contributed by atoms with Crippen LogP contribution in [0.5, 0.6) is 0 Å². The molecule has 5 rings (SSSR count). The number of H-pyrrole nitrogens is 1. The summed E-state index contributed by atoms with van der Waals surface area (Å²) in [5, 5.41) is 0. The first-order valence-corrected chi connectivity index (χ1v) is 11.6. The van der Waals surface area contributed by atoms with E-state index < -0.39 is 0 Å². The topological polar surface area (TPSA) is 62.1 Å². The summed E-state index contributed by atoms with van der Waals surface area (Å²) < 4.78 is 7.12. The van der Waals surface area contributed by atoms with Crippen LogP contribution >= 0.6 is 15.9 Å². The van der Waals surface area contributed by atoms with Crippen molar-refractivity contribution >= 4 is 15.9 Å². The van der Waals surface area contributed by atoms with Gasteiger partial charge in [0.2, 0.25) is 0 Å².